The summed E-state index contributed by atoms with van der Waals surface area (Å²) in [6, 6.07) is 6.10. The van der Waals surface area contributed by atoms with Crippen molar-refractivity contribution < 1.29 is 12.9 Å². The van der Waals surface area contributed by atoms with Crippen molar-refractivity contribution in [2.75, 3.05) is 5.73 Å². The van der Waals surface area contributed by atoms with E-state index in [9.17, 15) is 8.42 Å². The number of anilines is 1. The molecule has 25 heavy (non-hydrogen) atoms. The van der Waals surface area contributed by atoms with Crippen molar-refractivity contribution >= 4 is 26.7 Å². The number of rotatable bonds is 3. The first kappa shape index (κ1) is 16.2. The van der Waals surface area contributed by atoms with Crippen LogP contribution in [0.2, 0.25) is 0 Å². The number of H-pyrrole nitrogens is 1. The smallest absolute Gasteiger partial charge is 0.248 e. The summed E-state index contributed by atoms with van der Waals surface area (Å²) < 4.78 is 33.0. The van der Waals surface area contributed by atoms with Crippen molar-refractivity contribution in [1.29, 1.82) is 0 Å². The Hall–Kier alpha value is -2.32. The summed E-state index contributed by atoms with van der Waals surface area (Å²) >= 11 is 0. The van der Waals surface area contributed by atoms with Gasteiger partial charge in [0, 0.05) is 22.6 Å². The monoisotopic (exact) mass is 360 g/mol. The van der Waals surface area contributed by atoms with Crippen molar-refractivity contribution in [3.63, 3.8) is 0 Å². The third-order valence-electron chi connectivity index (χ3n) is 4.77. The van der Waals surface area contributed by atoms with Gasteiger partial charge in [0.1, 0.15) is 0 Å². The van der Waals surface area contributed by atoms with Gasteiger partial charge in [0.25, 0.3) is 0 Å². The minimum Gasteiger partial charge on any atom is -0.380 e. The molecule has 1 aromatic carbocycles. The molecule has 0 saturated heterocycles. The van der Waals surface area contributed by atoms with Crippen LogP contribution in [-0.2, 0) is 22.9 Å². The van der Waals surface area contributed by atoms with Gasteiger partial charge in [-0.15, -0.1) is 0 Å². The summed E-state index contributed by atoms with van der Waals surface area (Å²) in [4.78, 5) is 3.39. The maximum Gasteiger partial charge on any atom is 0.248 e. The number of aryl methyl sites for hydroxylation is 3. The van der Waals surface area contributed by atoms with Gasteiger partial charge in [0.2, 0.25) is 10.0 Å². The molecule has 0 amide bonds. The second kappa shape index (κ2) is 5.60. The zero-order valence-electron chi connectivity index (χ0n) is 14.1. The molecule has 0 aliphatic heterocycles. The van der Waals surface area contributed by atoms with Crippen molar-refractivity contribution in [1.82, 2.24) is 14.9 Å². The molecule has 132 valence electrons. The van der Waals surface area contributed by atoms with E-state index in [-0.39, 0.29) is 22.5 Å². The average molecular weight is 360 g/mol. The van der Waals surface area contributed by atoms with Crippen LogP contribution in [0.4, 0.5) is 5.82 Å². The molecule has 1 aliphatic rings. The van der Waals surface area contributed by atoms with Crippen LogP contribution in [0, 0.1) is 13.8 Å². The molecule has 0 radical (unpaired) electrons. The quantitative estimate of drug-likeness (QED) is 0.662. The van der Waals surface area contributed by atoms with Gasteiger partial charge in [0.05, 0.1) is 0 Å². The molecule has 1 atom stereocenters. The van der Waals surface area contributed by atoms with Crippen molar-refractivity contribution in [3.05, 3.63) is 40.8 Å². The SMILES string of the molecule is Cc1ccc2[nH]c3c(c2c1)CC(NS(=O)(=O)c1c(N)noc1C)CC3. The predicted molar refractivity (Wildman–Crippen MR) is 94.8 cm³/mol. The second-order valence-electron chi connectivity index (χ2n) is 6.65. The van der Waals surface area contributed by atoms with Crippen molar-refractivity contribution in [2.24, 2.45) is 0 Å². The molecule has 1 aliphatic carbocycles. The normalized spacial score (nSPS) is 17.8. The van der Waals surface area contributed by atoms with Crippen LogP contribution in [0.25, 0.3) is 10.9 Å². The first-order valence-corrected chi connectivity index (χ1v) is 9.67. The molecule has 7 nitrogen and oxygen atoms in total. The first-order chi connectivity index (χ1) is 11.8. The van der Waals surface area contributed by atoms with Gasteiger partial charge in [-0.05, 0) is 50.8 Å². The Bertz CT molecular complexity index is 1050. The molecule has 2 aromatic heterocycles. The van der Waals surface area contributed by atoms with Crippen LogP contribution in [0.5, 0.6) is 0 Å². The van der Waals surface area contributed by atoms with Crippen LogP contribution in [0.3, 0.4) is 0 Å². The lowest BCUT2D eigenvalue weighted by molar-refractivity contribution is 0.396. The second-order valence-corrected chi connectivity index (χ2v) is 8.30. The van der Waals surface area contributed by atoms with Gasteiger partial charge in [-0.2, -0.15) is 0 Å². The highest BCUT2D eigenvalue weighted by atomic mass is 32.2. The molecular weight excluding hydrogens is 340 g/mol. The fraction of sp³-hybridized carbons (Fsp3) is 0.353. The number of nitrogens with one attached hydrogen (secondary N) is 2. The van der Waals surface area contributed by atoms with E-state index in [1.807, 2.05) is 0 Å². The van der Waals surface area contributed by atoms with E-state index in [4.69, 9.17) is 10.3 Å². The number of hydrogen-bond acceptors (Lipinski definition) is 5. The van der Waals surface area contributed by atoms with E-state index >= 15 is 0 Å². The van der Waals surface area contributed by atoms with Crippen LogP contribution in [0.1, 0.15) is 29.0 Å². The fourth-order valence-corrected chi connectivity index (χ4v) is 5.10. The Kier molecular flexibility index (Phi) is 3.62. The van der Waals surface area contributed by atoms with Crippen LogP contribution >= 0.6 is 0 Å². The predicted octanol–water partition coefficient (Wildman–Crippen LogP) is 2.19. The number of benzene rings is 1. The topological polar surface area (TPSA) is 114 Å². The molecule has 0 fully saturated rings. The lowest BCUT2D eigenvalue weighted by atomic mass is 9.92. The van der Waals surface area contributed by atoms with Gasteiger partial charge in [-0.25, -0.2) is 13.1 Å². The van der Waals surface area contributed by atoms with Crippen LogP contribution in [0.15, 0.2) is 27.6 Å². The average Bonchev–Trinajstić information content (AvgIpc) is 3.07. The third-order valence-corrected chi connectivity index (χ3v) is 6.44. The Balaban J connectivity index is 1.65. The summed E-state index contributed by atoms with van der Waals surface area (Å²) in [5.41, 5.74) is 10.3. The highest BCUT2D eigenvalue weighted by Gasteiger charge is 2.30. The molecule has 4 rings (SSSR count). The number of nitrogen functional groups attached to an aromatic ring is 1. The number of sulfonamides is 1. The Morgan fingerprint density at radius 2 is 2.16 bits per heavy atom. The molecule has 2 heterocycles. The van der Waals surface area contributed by atoms with Gasteiger partial charge in [-0.1, -0.05) is 16.8 Å². The van der Waals surface area contributed by atoms with Gasteiger partial charge < -0.3 is 15.2 Å². The minimum atomic E-state index is -3.77. The highest BCUT2D eigenvalue weighted by Crippen LogP contribution is 2.31. The minimum absolute atomic E-state index is 0.0620. The van der Waals surface area contributed by atoms with Crippen molar-refractivity contribution in [2.45, 2.75) is 44.0 Å². The zero-order chi connectivity index (χ0) is 17.8. The molecular formula is C17H20N4O3S. The summed E-state index contributed by atoms with van der Waals surface area (Å²) in [6.07, 6.45) is 2.17. The van der Waals surface area contributed by atoms with Crippen LogP contribution < -0.4 is 10.5 Å². The van der Waals surface area contributed by atoms with Gasteiger partial charge in [-0.3, -0.25) is 0 Å². The molecule has 0 bridgehead atoms. The van der Waals surface area contributed by atoms with E-state index in [1.54, 1.807) is 6.92 Å². The van der Waals surface area contributed by atoms with E-state index < -0.39 is 10.0 Å². The maximum absolute atomic E-state index is 12.7. The number of nitrogens with zero attached hydrogens (tertiary/aromatic N) is 1. The number of aromatic nitrogens is 2. The van der Waals surface area contributed by atoms with E-state index in [1.165, 1.54) is 22.2 Å². The van der Waals surface area contributed by atoms with Crippen LogP contribution in [-0.4, -0.2) is 24.6 Å². The molecule has 8 heteroatoms. The summed E-state index contributed by atoms with van der Waals surface area (Å²) in [5, 5.41) is 4.70. The van der Waals surface area contributed by atoms with Gasteiger partial charge in [0.15, 0.2) is 16.5 Å². The lowest BCUT2D eigenvalue weighted by Gasteiger charge is -2.23. The van der Waals surface area contributed by atoms with E-state index in [0.29, 0.717) is 6.42 Å². The lowest BCUT2D eigenvalue weighted by Crippen LogP contribution is -2.39. The Morgan fingerprint density at radius 3 is 2.88 bits per heavy atom. The number of fused-ring (bicyclic) bond motifs is 3. The maximum atomic E-state index is 12.7. The Labute approximate surface area is 145 Å². The largest absolute Gasteiger partial charge is 0.380 e. The summed E-state index contributed by atoms with van der Waals surface area (Å²) in [5.74, 6) is 0.0911. The first-order valence-electron chi connectivity index (χ1n) is 8.19. The summed E-state index contributed by atoms with van der Waals surface area (Å²) in [6.45, 7) is 3.60. The van der Waals surface area contributed by atoms with E-state index in [0.717, 1.165) is 18.4 Å². The number of nitrogens with two attached hydrogens (primary N) is 1. The third kappa shape index (κ3) is 2.71. The standard InChI is InChI=1S/C17H20N4O3S/c1-9-3-5-14-12(7-9)13-8-11(4-6-15(13)19-14)21-25(22,23)16-10(2)24-20-17(16)18/h3,5,7,11,19,21H,4,6,8H2,1-2H3,(H2,18,20). The number of hydrogen-bond donors (Lipinski definition) is 3. The molecule has 4 N–H and O–H groups in total. The van der Waals surface area contributed by atoms with E-state index in [2.05, 4.69) is 40.0 Å². The highest BCUT2D eigenvalue weighted by molar-refractivity contribution is 7.89. The number of aromatic amines is 1. The van der Waals surface area contributed by atoms with Crippen molar-refractivity contribution in [3.8, 4) is 0 Å². The molecule has 0 saturated carbocycles. The zero-order valence-corrected chi connectivity index (χ0v) is 14.9. The molecule has 3 aromatic rings. The fourth-order valence-electron chi connectivity index (χ4n) is 3.62. The Morgan fingerprint density at radius 1 is 1.36 bits per heavy atom. The summed E-state index contributed by atoms with van der Waals surface area (Å²) in [7, 11) is -3.77. The molecule has 0 spiro atoms. The van der Waals surface area contributed by atoms with Gasteiger partial charge >= 0.3 is 0 Å². The molecule has 1 unspecified atom stereocenters.